The van der Waals surface area contributed by atoms with Crippen LogP contribution < -0.4 is 4.72 Å². The van der Waals surface area contributed by atoms with Crippen molar-refractivity contribution in [3.05, 3.63) is 53.7 Å². The van der Waals surface area contributed by atoms with Crippen molar-refractivity contribution in [2.75, 3.05) is 6.54 Å². The average molecular weight is 379 g/mol. The predicted molar refractivity (Wildman–Crippen MR) is 89.0 cm³/mol. The first-order valence-corrected chi connectivity index (χ1v) is 9.47. The number of carbonyl (C=O) groups excluding carboxylic acids is 1. The molecule has 130 valence electrons. The molecular weight excluding hydrogens is 366 g/mol. The van der Waals surface area contributed by atoms with E-state index in [4.69, 9.17) is 9.15 Å². The fourth-order valence-corrected chi connectivity index (χ4v) is 3.85. The predicted octanol–water partition coefficient (Wildman–Crippen LogP) is 1.82. The highest BCUT2D eigenvalue weighted by Gasteiger charge is 2.17. The smallest absolute Gasteiger partial charge is 0.321 e. The summed E-state index contributed by atoms with van der Waals surface area (Å²) in [4.78, 5) is 11.7. The summed E-state index contributed by atoms with van der Waals surface area (Å²) in [6.07, 6.45) is 0. The van der Waals surface area contributed by atoms with Crippen LogP contribution in [0.5, 0.6) is 0 Å². The van der Waals surface area contributed by atoms with Gasteiger partial charge in [0.2, 0.25) is 5.89 Å². The molecule has 0 aliphatic carbocycles. The Bertz CT molecular complexity index is 937. The Labute approximate surface area is 147 Å². The van der Waals surface area contributed by atoms with Crippen LogP contribution in [0.25, 0.3) is 11.5 Å². The molecule has 0 radical (unpaired) electrons. The molecule has 1 aromatic carbocycles. The van der Waals surface area contributed by atoms with Gasteiger partial charge in [-0.3, -0.25) is 4.79 Å². The number of ether oxygens (including phenoxy) is 1. The molecule has 0 amide bonds. The summed E-state index contributed by atoms with van der Waals surface area (Å²) in [6.45, 7) is -0.723. The van der Waals surface area contributed by atoms with Gasteiger partial charge in [-0.2, -0.15) is 4.72 Å². The number of nitrogens with zero attached hydrogens (tertiary/aromatic N) is 2. The lowest BCUT2D eigenvalue weighted by Crippen LogP contribution is -2.30. The summed E-state index contributed by atoms with van der Waals surface area (Å²) >= 11 is 1.06. The molecule has 0 unspecified atom stereocenters. The van der Waals surface area contributed by atoms with Crippen molar-refractivity contribution >= 4 is 27.3 Å². The molecule has 3 rings (SSSR count). The molecule has 0 fully saturated rings. The Hall–Kier alpha value is -2.56. The van der Waals surface area contributed by atoms with Gasteiger partial charge in [0.25, 0.3) is 15.9 Å². The topological polar surface area (TPSA) is 111 Å². The molecule has 10 heteroatoms. The van der Waals surface area contributed by atoms with Crippen molar-refractivity contribution < 1.29 is 22.4 Å². The molecule has 25 heavy (non-hydrogen) atoms. The van der Waals surface area contributed by atoms with E-state index < -0.39 is 22.5 Å². The maximum atomic E-state index is 11.9. The second-order valence-electron chi connectivity index (χ2n) is 4.78. The molecule has 0 aliphatic rings. The van der Waals surface area contributed by atoms with Crippen LogP contribution in [0.3, 0.4) is 0 Å². The molecule has 0 saturated heterocycles. The second kappa shape index (κ2) is 7.55. The molecule has 0 atom stereocenters. The van der Waals surface area contributed by atoms with Gasteiger partial charge in [0.15, 0.2) is 6.61 Å². The lowest BCUT2D eigenvalue weighted by atomic mass is 10.2. The zero-order valence-electron chi connectivity index (χ0n) is 12.8. The van der Waals surface area contributed by atoms with Crippen LogP contribution >= 0.6 is 11.3 Å². The average Bonchev–Trinajstić information content (AvgIpc) is 3.31. The SMILES string of the molecule is O=C(CNS(=O)(=O)c1cccs1)OCc1nnc(-c2ccccc2)o1. The molecule has 2 aromatic heterocycles. The van der Waals surface area contributed by atoms with E-state index in [2.05, 4.69) is 14.9 Å². The van der Waals surface area contributed by atoms with Crippen molar-refractivity contribution in [2.24, 2.45) is 0 Å². The summed E-state index contributed by atoms with van der Waals surface area (Å²) in [7, 11) is -3.71. The number of esters is 1. The standard InChI is InChI=1S/C15H13N3O5S2/c19-13(9-16-25(20,21)14-7-4-8-24-14)22-10-12-17-18-15(23-12)11-5-2-1-3-6-11/h1-8,16H,9-10H2. The molecule has 1 N–H and O–H groups in total. The van der Waals surface area contributed by atoms with Gasteiger partial charge in [-0.1, -0.05) is 24.3 Å². The first kappa shape index (κ1) is 17.3. The van der Waals surface area contributed by atoms with Gasteiger partial charge in [0, 0.05) is 5.56 Å². The van der Waals surface area contributed by atoms with Gasteiger partial charge in [0.1, 0.15) is 10.8 Å². The normalized spacial score (nSPS) is 11.4. The van der Waals surface area contributed by atoms with E-state index in [1.807, 2.05) is 30.3 Å². The van der Waals surface area contributed by atoms with Crippen LogP contribution in [-0.2, 0) is 26.2 Å². The van der Waals surface area contributed by atoms with Gasteiger partial charge in [0.05, 0.1) is 0 Å². The molecule has 8 nitrogen and oxygen atoms in total. The van der Waals surface area contributed by atoms with E-state index in [1.165, 1.54) is 6.07 Å². The quantitative estimate of drug-likeness (QED) is 0.623. The number of carbonyl (C=O) groups is 1. The van der Waals surface area contributed by atoms with Crippen LogP contribution in [0.15, 0.2) is 56.5 Å². The van der Waals surface area contributed by atoms with Crippen molar-refractivity contribution in [1.82, 2.24) is 14.9 Å². The van der Waals surface area contributed by atoms with E-state index in [1.54, 1.807) is 11.4 Å². The molecule has 0 spiro atoms. The summed E-state index contributed by atoms with van der Waals surface area (Å²) in [5.41, 5.74) is 0.747. The number of aromatic nitrogens is 2. The van der Waals surface area contributed by atoms with Gasteiger partial charge in [-0.25, -0.2) is 8.42 Å². The summed E-state index contributed by atoms with van der Waals surface area (Å²) in [6, 6.07) is 12.2. The van der Waals surface area contributed by atoms with Crippen LogP contribution in [0.2, 0.25) is 0 Å². The third-order valence-electron chi connectivity index (χ3n) is 3.01. The minimum atomic E-state index is -3.71. The maximum Gasteiger partial charge on any atom is 0.321 e. The Kier molecular flexibility index (Phi) is 5.22. The summed E-state index contributed by atoms with van der Waals surface area (Å²) in [5.74, 6) is -0.321. The molecule has 2 heterocycles. The third-order valence-corrected chi connectivity index (χ3v) is 5.81. The van der Waals surface area contributed by atoms with Crippen LogP contribution in [0, 0.1) is 0 Å². The lowest BCUT2D eigenvalue weighted by Gasteiger charge is -2.04. The Morgan fingerprint density at radius 1 is 1.16 bits per heavy atom. The zero-order chi connectivity index (χ0) is 17.7. The first-order chi connectivity index (χ1) is 12.0. The highest BCUT2D eigenvalue weighted by molar-refractivity contribution is 7.91. The number of hydrogen-bond donors (Lipinski definition) is 1. The van der Waals surface area contributed by atoms with E-state index in [0.717, 1.165) is 16.9 Å². The maximum absolute atomic E-state index is 11.9. The van der Waals surface area contributed by atoms with Gasteiger partial charge >= 0.3 is 5.97 Å². The van der Waals surface area contributed by atoms with Gasteiger partial charge in [-0.15, -0.1) is 21.5 Å². The van der Waals surface area contributed by atoms with E-state index >= 15 is 0 Å². The van der Waals surface area contributed by atoms with E-state index in [-0.39, 0.29) is 16.7 Å². The first-order valence-electron chi connectivity index (χ1n) is 7.11. The number of sulfonamides is 1. The van der Waals surface area contributed by atoms with Crippen LogP contribution in [0.1, 0.15) is 5.89 Å². The third kappa shape index (κ3) is 4.50. The van der Waals surface area contributed by atoms with Crippen molar-refractivity contribution in [3.8, 4) is 11.5 Å². The van der Waals surface area contributed by atoms with Crippen LogP contribution in [0.4, 0.5) is 0 Å². The zero-order valence-corrected chi connectivity index (χ0v) is 14.4. The van der Waals surface area contributed by atoms with Crippen molar-refractivity contribution in [3.63, 3.8) is 0 Å². The van der Waals surface area contributed by atoms with Gasteiger partial charge < -0.3 is 9.15 Å². The molecule has 0 aliphatic heterocycles. The second-order valence-corrected chi connectivity index (χ2v) is 7.73. The van der Waals surface area contributed by atoms with Crippen molar-refractivity contribution in [1.29, 1.82) is 0 Å². The van der Waals surface area contributed by atoms with E-state index in [9.17, 15) is 13.2 Å². The summed E-state index contributed by atoms with van der Waals surface area (Å²) < 4.78 is 36.4. The van der Waals surface area contributed by atoms with Crippen LogP contribution in [-0.4, -0.2) is 31.1 Å². The molecule has 0 bridgehead atoms. The highest BCUT2D eigenvalue weighted by Crippen LogP contribution is 2.17. The number of benzene rings is 1. The fourth-order valence-electron chi connectivity index (χ4n) is 1.84. The number of hydrogen-bond acceptors (Lipinski definition) is 8. The largest absolute Gasteiger partial charge is 0.455 e. The molecule has 3 aromatic rings. The Morgan fingerprint density at radius 2 is 1.96 bits per heavy atom. The Balaban J connectivity index is 1.51. The number of nitrogens with one attached hydrogen (secondary N) is 1. The number of thiophene rings is 1. The number of rotatable bonds is 7. The Morgan fingerprint density at radius 3 is 2.68 bits per heavy atom. The minimum Gasteiger partial charge on any atom is -0.455 e. The molecule has 0 saturated carbocycles. The van der Waals surface area contributed by atoms with Crippen molar-refractivity contribution in [2.45, 2.75) is 10.8 Å². The lowest BCUT2D eigenvalue weighted by molar-refractivity contribution is -0.144. The minimum absolute atomic E-state index is 0.119. The molecular formula is C15H13N3O5S2. The van der Waals surface area contributed by atoms with E-state index in [0.29, 0.717) is 5.89 Å². The monoisotopic (exact) mass is 379 g/mol. The van der Waals surface area contributed by atoms with Gasteiger partial charge in [-0.05, 0) is 23.6 Å². The summed E-state index contributed by atoms with van der Waals surface area (Å²) in [5, 5.41) is 9.28. The highest BCUT2D eigenvalue weighted by atomic mass is 32.2. The fraction of sp³-hybridized carbons (Fsp3) is 0.133.